The summed E-state index contributed by atoms with van der Waals surface area (Å²) in [6, 6.07) is 6.22. The summed E-state index contributed by atoms with van der Waals surface area (Å²) in [7, 11) is 5.83. The van der Waals surface area contributed by atoms with Crippen molar-refractivity contribution in [2.75, 3.05) is 39.2 Å². The van der Waals surface area contributed by atoms with E-state index in [1.165, 1.54) is 0 Å². The van der Waals surface area contributed by atoms with Crippen LogP contribution in [0.5, 0.6) is 5.75 Å². The van der Waals surface area contributed by atoms with E-state index in [-0.39, 0.29) is 0 Å². The summed E-state index contributed by atoms with van der Waals surface area (Å²) in [5.41, 5.74) is 1.45. The zero-order valence-corrected chi connectivity index (χ0v) is 11.8. The molecule has 1 aliphatic heterocycles. The monoisotopic (exact) mass is 263 g/mol. The minimum absolute atomic E-state index is 0.356. The Bertz CT molecular complexity index is 440. The molecule has 0 spiro atoms. The highest BCUT2D eigenvalue weighted by atomic mass is 16.5. The minimum Gasteiger partial charge on any atom is -0.494 e. The van der Waals surface area contributed by atoms with Crippen molar-refractivity contribution in [1.29, 1.82) is 0 Å². The van der Waals surface area contributed by atoms with Gasteiger partial charge in [0.2, 0.25) is 0 Å². The second-order valence-corrected chi connectivity index (χ2v) is 5.13. The Labute approximate surface area is 114 Å². The van der Waals surface area contributed by atoms with Gasteiger partial charge in [0.05, 0.1) is 7.11 Å². The molecule has 0 bridgehead atoms. The summed E-state index contributed by atoms with van der Waals surface area (Å²) < 4.78 is 5.20. The molecular weight excluding hydrogens is 242 g/mol. The summed E-state index contributed by atoms with van der Waals surface area (Å²) in [4.78, 5) is 15.3. The Kier molecular flexibility index (Phi) is 4.37. The van der Waals surface area contributed by atoms with Gasteiger partial charge in [-0.1, -0.05) is 0 Å². The first-order chi connectivity index (χ1) is 9.15. The topological polar surface area (TPSA) is 45.1 Å². The molecule has 19 heavy (non-hydrogen) atoms. The van der Waals surface area contributed by atoms with E-state index in [0.29, 0.717) is 17.5 Å². The molecule has 104 valence electrons. The van der Waals surface area contributed by atoms with Gasteiger partial charge in [0.15, 0.2) is 0 Å². The fraction of sp³-hybridized carbons (Fsp3) is 0.571. The lowest BCUT2D eigenvalue weighted by molar-refractivity contribution is 0.249. The number of nitrogens with zero attached hydrogens (tertiary/aromatic N) is 3. The lowest BCUT2D eigenvalue weighted by Crippen LogP contribution is -2.41. The van der Waals surface area contributed by atoms with Gasteiger partial charge >= 0.3 is 0 Å². The van der Waals surface area contributed by atoms with Gasteiger partial charge in [-0.2, -0.15) is 0 Å². The van der Waals surface area contributed by atoms with Crippen LogP contribution in [-0.2, 0) is 0 Å². The lowest BCUT2D eigenvalue weighted by Gasteiger charge is -2.36. The van der Waals surface area contributed by atoms with E-state index in [9.17, 15) is 4.91 Å². The molecular formula is C14H21N3O2. The lowest BCUT2D eigenvalue weighted by atomic mass is 10.0. The Balaban J connectivity index is 2.09. The molecule has 1 aromatic carbocycles. The highest BCUT2D eigenvalue weighted by molar-refractivity contribution is 5.62. The van der Waals surface area contributed by atoms with Gasteiger partial charge in [-0.25, -0.2) is 0 Å². The third-order valence-electron chi connectivity index (χ3n) is 3.82. The van der Waals surface area contributed by atoms with Crippen molar-refractivity contribution in [2.24, 2.45) is 5.18 Å². The third-order valence-corrected chi connectivity index (χ3v) is 3.82. The summed E-state index contributed by atoms with van der Waals surface area (Å²) in [5.74, 6) is 0.544. The first-order valence-electron chi connectivity index (χ1n) is 6.58. The molecule has 1 aromatic rings. The Hall–Kier alpha value is -1.62. The molecule has 1 fully saturated rings. The summed E-state index contributed by atoms with van der Waals surface area (Å²) in [6.45, 7) is 2.06. The van der Waals surface area contributed by atoms with E-state index in [0.717, 1.165) is 31.6 Å². The maximum atomic E-state index is 10.6. The Morgan fingerprint density at radius 1 is 1.32 bits per heavy atom. The fourth-order valence-corrected chi connectivity index (χ4v) is 2.58. The van der Waals surface area contributed by atoms with Crippen molar-refractivity contribution in [3.05, 3.63) is 23.1 Å². The van der Waals surface area contributed by atoms with E-state index in [4.69, 9.17) is 4.74 Å². The summed E-state index contributed by atoms with van der Waals surface area (Å²) >= 11 is 0. The van der Waals surface area contributed by atoms with Crippen LogP contribution in [0.4, 0.5) is 11.4 Å². The average Bonchev–Trinajstić information content (AvgIpc) is 2.46. The van der Waals surface area contributed by atoms with Gasteiger partial charge in [-0.15, -0.1) is 4.91 Å². The SMILES string of the molecule is COc1cc(N2CCC(N(C)C)CC2)ccc1N=O. The molecule has 0 aromatic heterocycles. The molecule has 0 saturated carbocycles. The normalized spacial score (nSPS) is 16.7. The van der Waals surface area contributed by atoms with Gasteiger partial charge < -0.3 is 14.5 Å². The number of ether oxygens (including phenoxy) is 1. The Morgan fingerprint density at radius 2 is 2.00 bits per heavy atom. The van der Waals surface area contributed by atoms with Crippen LogP contribution in [-0.4, -0.2) is 45.2 Å². The molecule has 1 aliphatic rings. The van der Waals surface area contributed by atoms with Gasteiger partial charge in [-0.3, -0.25) is 0 Å². The molecule has 2 rings (SSSR count). The third kappa shape index (κ3) is 3.04. The van der Waals surface area contributed by atoms with Crippen LogP contribution >= 0.6 is 0 Å². The Morgan fingerprint density at radius 3 is 2.53 bits per heavy atom. The second-order valence-electron chi connectivity index (χ2n) is 5.13. The molecule has 0 N–H and O–H groups in total. The standard InChI is InChI=1S/C14H21N3O2/c1-16(2)11-6-8-17(9-7-11)12-4-5-13(15-18)14(10-12)19-3/h4-5,10-11H,6-9H2,1-3H3. The number of benzene rings is 1. The molecule has 0 amide bonds. The predicted octanol–water partition coefficient (Wildman–Crippen LogP) is 2.62. The quantitative estimate of drug-likeness (QED) is 0.783. The van der Waals surface area contributed by atoms with Gasteiger partial charge in [0, 0.05) is 30.9 Å². The second kappa shape index (κ2) is 6.02. The van der Waals surface area contributed by atoms with Gasteiger partial charge in [-0.05, 0) is 44.2 Å². The largest absolute Gasteiger partial charge is 0.494 e. The predicted molar refractivity (Wildman–Crippen MR) is 77.4 cm³/mol. The summed E-state index contributed by atoms with van der Waals surface area (Å²) in [6.07, 6.45) is 2.31. The van der Waals surface area contributed by atoms with Crippen LogP contribution in [0.3, 0.4) is 0 Å². The smallest absolute Gasteiger partial charge is 0.150 e. The molecule has 0 aliphatic carbocycles. The zero-order valence-electron chi connectivity index (χ0n) is 11.8. The zero-order chi connectivity index (χ0) is 13.8. The number of anilines is 1. The van der Waals surface area contributed by atoms with Crippen LogP contribution in [0.1, 0.15) is 12.8 Å². The van der Waals surface area contributed by atoms with Crippen LogP contribution < -0.4 is 9.64 Å². The first kappa shape index (κ1) is 13.8. The first-order valence-corrected chi connectivity index (χ1v) is 6.58. The molecule has 5 heteroatoms. The molecule has 0 radical (unpaired) electrons. The molecule has 1 saturated heterocycles. The average molecular weight is 263 g/mol. The maximum absolute atomic E-state index is 10.6. The van der Waals surface area contributed by atoms with Crippen LogP contribution in [0.25, 0.3) is 0 Å². The number of methoxy groups -OCH3 is 1. The van der Waals surface area contributed by atoms with E-state index < -0.39 is 0 Å². The number of rotatable bonds is 4. The molecule has 0 atom stereocenters. The van der Waals surface area contributed by atoms with Crippen molar-refractivity contribution >= 4 is 11.4 Å². The van der Waals surface area contributed by atoms with E-state index in [2.05, 4.69) is 29.1 Å². The fourth-order valence-electron chi connectivity index (χ4n) is 2.58. The minimum atomic E-state index is 0.356. The van der Waals surface area contributed by atoms with Crippen molar-refractivity contribution in [3.63, 3.8) is 0 Å². The van der Waals surface area contributed by atoms with E-state index in [1.807, 2.05) is 12.1 Å². The highest BCUT2D eigenvalue weighted by Crippen LogP contribution is 2.33. The van der Waals surface area contributed by atoms with Crippen LogP contribution in [0.15, 0.2) is 23.4 Å². The molecule has 0 unspecified atom stereocenters. The van der Waals surface area contributed by atoms with Gasteiger partial charge in [0.1, 0.15) is 11.4 Å². The molecule has 5 nitrogen and oxygen atoms in total. The number of hydrogen-bond donors (Lipinski definition) is 0. The van der Waals surface area contributed by atoms with Crippen molar-refractivity contribution < 1.29 is 4.74 Å². The van der Waals surface area contributed by atoms with E-state index in [1.54, 1.807) is 13.2 Å². The summed E-state index contributed by atoms with van der Waals surface area (Å²) in [5, 5.41) is 2.96. The number of piperidine rings is 1. The number of nitroso groups, excluding NO2 is 1. The van der Waals surface area contributed by atoms with Crippen molar-refractivity contribution in [1.82, 2.24) is 4.90 Å². The van der Waals surface area contributed by atoms with Gasteiger partial charge in [0.25, 0.3) is 0 Å². The van der Waals surface area contributed by atoms with Crippen LogP contribution in [0.2, 0.25) is 0 Å². The van der Waals surface area contributed by atoms with Crippen molar-refractivity contribution in [3.8, 4) is 5.75 Å². The maximum Gasteiger partial charge on any atom is 0.150 e. The number of hydrogen-bond acceptors (Lipinski definition) is 5. The molecule has 1 heterocycles. The van der Waals surface area contributed by atoms with E-state index >= 15 is 0 Å². The van der Waals surface area contributed by atoms with Crippen LogP contribution in [0, 0.1) is 4.91 Å². The van der Waals surface area contributed by atoms with Crippen molar-refractivity contribution in [2.45, 2.75) is 18.9 Å². The highest BCUT2D eigenvalue weighted by Gasteiger charge is 2.21.